The van der Waals surface area contributed by atoms with E-state index in [1.807, 2.05) is 12.1 Å². The first-order chi connectivity index (χ1) is 12.2. The standard InChI is InChI=1S/C22H29FO2/c1-2-3-22(24)25-21-14-10-19(11-15-21)17-6-4-16(5-7-17)18-8-12-20(23)13-9-18/h2,8-9,12-13,16-17,19,21H,1,3-7,10-11,14-15H2. The van der Waals surface area contributed by atoms with Crippen molar-refractivity contribution >= 4 is 5.97 Å². The van der Waals surface area contributed by atoms with Crippen molar-refractivity contribution in [2.75, 3.05) is 0 Å². The van der Waals surface area contributed by atoms with E-state index >= 15 is 0 Å². The summed E-state index contributed by atoms with van der Waals surface area (Å²) in [5, 5.41) is 0. The minimum atomic E-state index is -0.150. The SMILES string of the molecule is C=CCC(=O)OC1CCC(C2CCC(c3ccc(F)cc3)CC2)CC1. The number of carbonyl (C=O) groups excluding carboxylic acids is 1. The lowest BCUT2D eigenvalue weighted by atomic mass is 9.69. The Balaban J connectivity index is 1.42. The van der Waals surface area contributed by atoms with Gasteiger partial charge in [-0.3, -0.25) is 4.79 Å². The molecule has 0 bridgehead atoms. The van der Waals surface area contributed by atoms with Crippen LogP contribution in [0.15, 0.2) is 36.9 Å². The van der Waals surface area contributed by atoms with Gasteiger partial charge in [0, 0.05) is 0 Å². The fourth-order valence-corrected chi connectivity index (χ4v) is 4.69. The second-order valence-electron chi connectivity index (χ2n) is 7.68. The van der Waals surface area contributed by atoms with Gasteiger partial charge in [0.05, 0.1) is 6.42 Å². The molecule has 2 fully saturated rings. The van der Waals surface area contributed by atoms with Gasteiger partial charge in [-0.05, 0) is 86.8 Å². The van der Waals surface area contributed by atoms with Crippen molar-refractivity contribution in [3.63, 3.8) is 0 Å². The zero-order chi connectivity index (χ0) is 17.6. The van der Waals surface area contributed by atoms with Gasteiger partial charge in [0.1, 0.15) is 11.9 Å². The van der Waals surface area contributed by atoms with Crippen LogP contribution in [0, 0.1) is 17.7 Å². The van der Waals surface area contributed by atoms with E-state index in [0.29, 0.717) is 12.3 Å². The zero-order valence-corrected chi connectivity index (χ0v) is 15.0. The molecule has 1 aromatic rings. The van der Waals surface area contributed by atoms with Crippen molar-refractivity contribution < 1.29 is 13.9 Å². The van der Waals surface area contributed by atoms with Crippen LogP contribution in [0.1, 0.15) is 69.3 Å². The average molecular weight is 344 g/mol. The molecule has 0 N–H and O–H groups in total. The minimum Gasteiger partial charge on any atom is -0.462 e. The number of ether oxygens (including phenoxy) is 1. The highest BCUT2D eigenvalue weighted by Crippen LogP contribution is 2.43. The van der Waals surface area contributed by atoms with E-state index in [4.69, 9.17) is 4.74 Å². The van der Waals surface area contributed by atoms with E-state index < -0.39 is 0 Å². The van der Waals surface area contributed by atoms with Gasteiger partial charge < -0.3 is 4.74 Å². The highest BCUT2D eigenvalue weighted by molar-refractivity contribution is 5.71. The van der Waals surface area contributed by atoms with Crippen LogP contribution in [0.2, 0.25) is 0 Å². The Morgan fingerprint density at radius 3 is 2.12 bits per heavy atom. The molecule has 2 nitrogen and oxygen atoms in total. The number of carbonyl (C=O) groups is 1. The van der Waals surface area contributed by atoms with Crippen LogP contribution in [0.3, 0.4) is 0 Å². The monoisotopic (exact) mass is 344 g/mol. The Morgan fingerprint density at radius 2 is 1.56 bits per heavy atom. The first kappa shape index (κ1) is 18.2. The summed E-state index contributed by atoms with van der Waals surface area (Å²) in [7, 11) is 0. The van der Waals surface area contributed by atoms with Crippen LogP contribution >= 0.6 is 0 Å². The van der Waals surface area contributed by atoms with E-state index in [2.05, 4.69) is 6.58 Å². The molecule has 0 aliphatic heterocycles. The molecule has 3 rings (SSSR count). The van der Waals surface area contributed by atoms with Crippen LogP contribution in [-0.4, -0.2) is 12.1 Å². The lowest BCUT2D eigenvalue weighted by molar-refractivity contribution is -0.150. The van der Waals surface area contributed by atoms with Crippen LogP contribution < -0.4 is 0 Å². The molecule has 0 spiro atoms. The third-order valence-electron chi connectivity index (χ3n) is 6.11. The first-order valence-corrected chi connectivity index (χ1v) is 9.71. The molecule has 1 aromatic carbocycles. The maximum absolute atomic E-state index is 13.1. The van der Waals surface area contributed by atoms with Crippen molar-refractivity contribution in [2.45, 2.75) is 69.8 Å². The lowest BCUT2D eigenvalue weighted by Crippen LogP contribution is -2.29. The predicted octanol–water partition coefficient (Wildman–Crippen LogP) is 5.78. The molecule has 2 aliphatic rings. The van der Waals surface area contributed by atoms with Gasteiger partial charge in [0.25, 0.3) is 0 Å². The summed E-state index contributed by atoms with van der Waals surface area (Å²) in [6.07, 6.45) is 11.4. The number of hydrogen-bond acceptors (Lipinski definition) is 2. The molecule has 0 atom stereocenters. The highest BCUT2D eigenvalue weighted by atomic mass is 19.1. The number of hydrogen-bond donors (Lipinski definition) is 0. The molecule has 0 amide bonds. The fraction of sp³-hybridized carbons (Fsp3) is 0.591. The zero-order valence-electron chi connectivity index (χ0n) is 15.0. The number of rotatable bonds is 5. The summed E-state index contributed by atoms with van der Waals surface area (Å²) in [6.45, 7) is 3.58. The molecule has 2 saturated carbocycles. The normalized spacial score (nSPS) is 29.8. The molecule has 0 heterocycles. The number of halogens is 1. The molecule has 2 aliphatic carbocycles. The summed E-state index contributed by atoms with van der Waals surface area (Å²) < 4.78 is 18.6. The Bertz CT molecular complexity index is 564. The summed E-state index contributed by atoms with van der Waals surface area (Å²) in [5.41, 5.74) is 1.29. The van der Waals surface area contributed by atoms with Crippen molar-refractivity contribution in [1.82, 2.24) is 0 Å². The summed E-state index contributed by atoms with van der Waals surface area (Å²) in [4.78, 5) is 11.6. The second-order valence-corrected chi connectivity index (χ2v) is 7.68. The van der Waals surface area contributed by atoms with E-state index in [0.717, 1.165) is 24.7 Å². The van der Waals surface area contributed by atoms with Crippen LogP contribution in [0.25, 0.3) is 0 Å². The van der Waals surface area contributed by atoms with Crippen molar-refractivity contribution in [2.24, 2.45) is 11.8 Å². The van der Waals surface area contributed by atoms with Gasteiger partial charge in [0.15, 0.2) is 0 Å². The van der Waals surface area contributed by atoms with E-state index in [9.17, 15) is 9.18 Å². The molecular weight excluding hydrogens is 315 g/mol. The Hall–Kier alpha value is -1.64. The van der Waals surface area contributed by atoms with Gasteiger partial charge in [0.2, 0.25) is 0 Å². The average Bonchev–Trinajstić information content (AvgIpc) is 2.63. The molecule has 0 unspecified atom stereocenters. The molecular formula is C22H29FO2. The minimum absolute atomic E-state index is 0.110. The van der Waals surface area contributed by atoms with Crippen molar-refractivity contribution in [3.05, 3.63) is 48.3 Å². The first-order valence-electron chi connectivity index (χ1n) is 9.71. The van der Waals surface area contributed by atoms with Crippen molar-refractivity contribution in [3.8, 4) is 0 Å². The fourth-order valence-electron chi connectivity index (χ4n) is 4.69. The molecule has 3 heteroatoms. The highest BCUT2D eigenvalue weighted by Gasteiger charge is 2.32. The second kappa shape index (κ2) is 8.64. The number of esters is 1. The van der Waals surface area contributed by atoms with Crippen LogP contribution in [0.4, 0.5) is 4.39 Å². The maximum atomic E-state index is 13.1. The lowest BCUT2D eigenvalue weighted by Gasteiger charge is -2.37. The maximum Gasteiger partial charge on any atom is 0.309 e. The van der Waals surface area contributed by atoms with Gasteiger partial charge >= 0.3 is 5.97 Å². The van der Waals surface area contributed by atoms with Gasteiger partial charge in [-0.25, -0.2) is 4.39 Å². The third kappa shape index (κ3) is 4.93. The van der Waals surface area contributed by atoms with Crippen molar-refractivity contribution in [1.29, 1.82) is 0 Å². The number of benzene rings is 1. The van der Waals surface area contributed by atoms with Crippen LogP contribution in [-0.2, 0) is 9.53 Å². The Kier molecular flexibility index (Phi) is 6.28. The Morgan fingerprint density at radius 1 is 1.00 bits per heavy atom. The predicted molar refractivity (Wildman–Crippen MR) is 97.8 cm³/mol. The molecule has 0 saturated heterocycles. The van der Waals surface area contributed by atoms with Gasteiger partial charge in [-0.1, -0.05) is 18.2 Å². The smallest absolute Gasteiger partial charge is 0.309 e. The summed E-state index contributed by atoms with van der Waals surface area (Å²) in [6, 6.07) is 7.05. The molecule has 0 aromatic heterocycles. The Labute approximate surface area is 150 Å². The molecule has 25 heavy (non-hydrogen) atoms. The van der Waals surface area contributed by atoms with E-state index in [1.54, 1.807) is 18.2 Å². The van der Waals surface area contributed by atoms with Gasteiger partial charge in [-0.15, -0.1) is 6.58 Å². The largest absolute Gasteiger partial charge is 0.462 e. The molecule has 0 radical (unpaired) electrons. The summed E-state index contributed by atoms with van der Waals surface area (Å²) >= 11 is 0. The molecule has 136 valence electrons. The van der Waals surface area contributed by atoms with Crippen LogP contribution in [0.5, 0.6) is 0 Å². The van der Waals surface area contributed by atoms with Gasteiger partial charge in [-0.2, -0.15) is 0 Å². The van der Waals surface area contributed by atoms with E-state index in [-0.39, 0.29) is 17.9 Å². The topological polar surface area (TPSA) is 26.3 Å². The quantitative estimate of drug-likeness (QED) is 0.500. The summed E-state index contributed by atoms with van der Waals surface area (Å²) in [5.74, 6) is 1.89. The van der Waals surface area contributed by atoms with E-state index in [1.165, 1.54) is 44.1 Å². The third-order valence-corrected chi connectivity index (χ3v) is 6.11.